The lowest BCUT2D eigenvalue weighted by atomic mass is 9.77. The largest absolute Gasteiger partial charge is 0.507 e. The fourth-order valence-corrected chi connectivity index (χ4v) is 3.43. The van der Waals surface area contributed by atoms with Gasteiger partial charge >= 0.3 is 0 Å². The Labute approximate surface area is 153 Å². The van der Waals surface area contributed by atoms with Gasteiger partial charge in [0.2, 0.25) is 0 Å². The van der Waals surface area contributed by atoms with Gasteiger partial charge < -0.3 is 5.11 Å². The van der Waals surface area contributed by atoms with Gasteiger partial charge in [-0.25, -0.2) is 0 Å². The quantitative estimate of drug-likeness (QED) is 0.669. The van der Waals surface area contributed by atoms with Crippen molar-refractivity contribution in [3.05, 3.63) is 53.1 Å². The van der Waals surface area contributed by atoms with Crippen molar-refractivity contribution in [2.45, 2.75) is 71.6 Å². The number of hydrogen-bond acceptors (Lipinski definition) is 1. The van der Waals surface area contributed by atoms with E-state index in [1.165, 1.54) is 36.0 Å². The molecule has 1 heteroatoms. The van der Waals surface area contributed by atoms with E-state index in [1.807, 2.05) is 0 Å². The average molecular weight is 337 g/mol. The molecule has 2 aromatic rings. The molecule has 0 amide bonds. The van der Waals surface area contributed by atoms with Gasteiger partial charge in [-0.1, -0.05) is 65.8 Å². The second-order valence-corrected chi connectivity index (χ2v) is 9.76. The third kappa shape index (κ3) is 4.08. The maximum Gasteiger partial charge on any atom is 0.123 e. The smallest absolute Gasteiger partial charge is 0.123 e. The normalized spacial score (nSPS) is 15.4. The molecule has 3 rings (SSSR count). The monoisotopic (exact) mass is 336 g/mol. The first kappa shape index (κ1) is 18.0. The van der Waals surface area contributed by atoms with Crippen LogP contribution in [-0.4, -0.2) is 5.11 Å². The Hall–Kier alpha value is -1.76. The molecule has 0 aromatic heterocycles. The molecule has 1 N–H and O–H groups in total. The summed E-state index contributed by atoms with van der Waals surface area (Å²) in [5.74, 6) is 1.37. The van der Waals surface area contributed by atoms with Gasteiger partial charge in [-0.15, -0.1) is 0 Å². The molecule has 25 heavy (non-hydrogen) atoms. The minimum absolute atomic E-state index is 0.0913. The molecule has 1 fully saturated rings. The van der Waals surface area contributed by atoms with Crippen LogP contribution in [0.1, 0.15) is 71.1 Å². The molecule has 0 unspecified atom stereocenters. The number of phenols is 1. The number of phenolic OH excluding ortho intramolecular Hbond substituents is 1. The molecule has 1 aliphatic rings. The van der Waals surface area contributed by atoms with E-state index in [2.05, 4.69) is 77.9 Å². The molecule has 1 aliphatic carbocycles. The summed E-state index contributed by atoms with van der Waals surface area (Å²) >= 11 is 0. The Morgan fingerprint density at radius 3 is 1.68 bits per heavy atom. The van der Waals surface area contributed by atoms with E-state index in [-0.39, 0.29) is 10.8 Å². The molecule has 0 saturated heterocycles. The predicted molar refractivity (Wildman–Crippen MR) is 107 cm³/mol. The van der Waals surface area contributed by atoms with Gasteiger partial charge in [-0.3, -0.25) is 0 Å². The maximum absolute atomic E-state index is 10.9. The maximum atomic E-state index is 10.9. The lowest BCUT2D eigenvalue weighted by Crippen LogP contribution is -2.17. The van der Waals surface area contributed by atoms with E-state index >= 15 is 0 Å². The standard InChI is InChI=1S/C24H32O/c1-23(2,3)20-14-19(15-21(22(20)25)24(4,5)6)18-11-9-17(10-12-18)13-16-7-8-16/h9-12,14-16,25H,7-8,13H2,1-6H3. The molecule has 134 valence electrons. The molecule has 0 radical (unpaired) electrons. The van der Waals surface area contributed by atoms with Gasteiger partial charge in [-0.05, 0) is 64.8 Å². The van der Waals surface area contributed by atoms with Gasteiger partial charge in [0.15, 0.2) is 0 Å². The van der Waals surface area contributed by atoms with Crippen molar-refractivity contribution in [3.63, 3.8) is 0 Å². The molecule has 0 bridgehead atoms. The summed E-state index contributed by atoms with van der Waals surface area (Å²) in [4.78, 5) is 0. The van der Waals surface area contributed by atoms with Crippen LogP contribution in [0.4, 0.5) is 0 Å². The van der Waals surface area contributed by atoms with Crippen LogP contribution in [0.15, 0.2) is 36.4 Å². The predicted octanol–water partition coefficient (Wildman–Crippen LogP) is 6.61. The van der Waals surface area contributed by atoms with Crippen LogP contribution in [0.25, 0.3) is 11.1 Å². The van der Waals surface area contributed by atoms with E-state index < -0.39 is 0 Å². The summed E-state index contributed by atoms with van der Waals surface area (Å²) in [6.45, 7) is 13.0. The zero-order valence-electron chi connectivity index (χ0n) is 16.6. The zero-order chi connectivity index (χ0) is 18.4. The molecule has 1 nitrogen and oxygen atoms in total. The summed E-state index contributed by atoms with van der Waals surface area (Å²) in [5.41, 5.74) is 5.74. The molecule has 0 heterocycles. The Kier molecular flexibility index (Phi) is 4.47. The fourth-order valence-electron chi connectivity index (χ4n) is 3.43. The highest BCUT2D eigenvalue weighted by molar-refractivity contribution is 5.69. The molecule has 0 atom stereocenters. The highest BCUT2D eigenvalue weighted by Crippen LogP contribution is 2.42. The summed E-state index contributed by atoms with van der Waals surface area (Å²) in [6, 6.07) is 13.4. The third-order valence-electron chi connectivity index (χ3n) is 5.23. The van der Waals surface area contributed by atoms with Crippen molar-refractivity contribution in [1.82, 2.24) is 0 Å². The Morgan fingerprint density at radius 2 is 1.28 bits per heavy atom. The fraction of sp³-hybridized carbons (Fsp3) is 0.500. The van der Waals surface area contributed by atoms with Crippen molar-refractivity contribution in [2.24, 2.45) is 5.92 Å². The van der Waals surface area contributed by atoms with Crippen LogP contribution in [0, 0.1) is 5.92 Å². The van der Waals surface area contributed by atoms with E-state index in [1.54, 1.807) is 0 Å². The Bertz CT molecular complexity index is 715. The number of rotatable bonds is 3. The first-order chi connectivity index (χ1) is 11.6. The second kappa shape index (κ2) is 6.20. The van der Waals surface area contributed by atoms with Crippen LogP contribution in [-0.2, 0) is 17.3 Å². The minimum Gasteiger partial charge on any atom is -0.507 e. The summed E-state index contributed by atoms with van der Waals surface area (Å²) < 4.78 is 0. The summed E-state index contributed by atoms with van der Waals surface area (Å²) in [7, 11) is 0. The van der Waals surface area contributed by atoms with Crippen LogP contribution in [0.3, 0.4) is 0 Å². The average Bonchev–Trinajstić information content (AvgIpc) is 3.30. The molecule has 1 saturated carbocycles. The SMILES string of the molecule is CC(C)(C)c1cc(-c2ccc(CC3CC3)cc2)cc(C(C)(C)C)c1O. The van der Waals surface area contributed by atoms with Crippen molar-refractivity contribution < 1.29 is 5.11 Å². The highest BCUT2D eigenvalue weighted by Gasteiger charge is 2.27. The van der Waals surface area contributed by atoms with E-state index in [0.29, 0.717) is 5.75 Å². The number of hydrogen-bond donors (Lipinski definition) is 1. The van der Waals surface area contributed by atoms with Crippen molar-refractivity contribution in [3.8, 4) is 16.9 Å². The number of aromatic hydroxyl groups is 1. The summed E-state index contributed by atoms with van der Waals surface area (Å²) in [5, 5.41) is 10.9. The minimum atomic E-state index is -0.0913. The first-order valence-corrected chi connectivity index (χ1v) is 9.53. The van der Waals surface area contributed by atoms with Crippen molar-refractivity contribution in [1.29, 1.82) is 0 Å². The second-order valence-electron chi connectivity index (χ2n) is 9.76. The van der Waals surface area contributed by atoms with E-state index in [9.17, 15) is 5.11 Å². The zero-order valence-corrected chi connectivity index (χ0v) is 16.6. The van der Waals surface area contributed by atoms with Gasteiger partial charge in [0, 0.05) is 11.1 Å². The van der Waals surface area contributed by atoms with Gasteiger partial charge in [0.25, 0.3) is 0 Å². The van der Waals surface area contributed by atoms with E-state index in [4.69, 9.17) is 0 Å². The van der Waals surface area contributed by atoms with E-state index in [0.717, 1.165) is 17.0 Å². The highest BCUT2D eigenvalue weighted by atomic mass is 16.3. The lowest BCUT2D eigenvalue weighted by molar-refractivity contribution is 0.423. The molecule has 0 aliphatic heterocycles. The lowest BCUT2D eigenvalue weighted by Gasteiger charge is -2.28. The molecule has 0 spiro atoms. The third-order valence-corrected chi connectivity index (χ3v) is 5.23. The van der Waals surface area contributed by atoms with Gasteiger partial charge in [0.05, 0.1) is 0 Å². The van der Waals surface area contributed by atoms with Crippen LogP contribution in [0.5, 0.6) is 5.75 Å². The topological polar surface area (TPSA) is 20.2 Å². The Balaban J connectivity index is 2.05. The first-order valence-electron chi connectivity index (χ1n) is 9.53. The summed E-state index contributed by atoms with van der Waals surface area (Å²) in [6.07, 6.45) is 4.00. The molecular weight excluding hydrogens is 304 g/mol. The van der Waals surface area contributed by atoms with Crippen molar-refractivity contribution >= 4 is 0 Å². The molecule has 2 aromatic carbocycles. The number of benzene rings is 2. The van der Waals surface area contributed by atoms with Crippen molar-refractivity contribution in [2.75, 3.05) is 0 Å². The van der Waals surface area contributed by atoms with Crippen LogP contribution in [0.2, 0.25) is 0 Å². The van der Waals surface area contributed by atoms with Crippen LogP contribution < -0.4 is 0 Å². The van der Waals surface area contributed by atoms with Gasteiger partial charge in [0.1, 0.15) is 5.75 Å². The van der Waals surface area contributed by atoms with Crippen LogP contribution >= 0.6 is 0 Å². The molecular formula is C24H32O. The Morgan fingerprint density at radius 1 is 0.800 bits per heavy atom. The van der Waals surface area contributed by atoms with Gasteiger partial charge in [-0.2, -0.15) is 0 Å².